The van der Waals surface area contributed by atoms with Crippen LogP contribution < -0.4 is 10.6 Å². The number of ether oxygens (including phenoxy) is 1. The van der Waals surface area contributed by atoms with Gasteiger partial charge in [0.15, 0.2) is 5.96 Å². The van der Waals surface area contributed by atoms with Gasteiger partial charge < -0.3 is 15.4 Å². The average Bonchev–Trinajstić information content (AvgIpc) is 2.59. The fraction of sp³-hybridized carbons (Fsp3) is 0.556. The topological polar surface area (TPSA) is 62.7 Å². The highest BCUT2D eigenvalue weighted by Crippen LogP contribution is 2.10. The molecule has 134 valence electrons. The molecular formula is C18H28ClN3O2. The van der Waals surface area contributed by atoms with Gasteiger partial charge in [0.1, 0.15) is 0 Å². The molecule has 0 bridgehead atoms. The summed E-state index contributed by atoms with van der Waals surface area (Å²) in [6.45, 7) is 4.36. The van der Waals surface area contributed by atoms with E-state index in [2.05, 4.69) is 20.4 Å². The fourth-order valence-corrected chi connectivity index (χ4v) is 2.28. The number of unbranched alkanes of at least 4 members (excludes halogenated alkanes) is 3. The predicted molar refractivity (Wildman–Crippen MR) is 99.4 cm³/mol. The normalized spacial score (nSPS) is 11.2. The number of carbonyl (C=O) groups excluding carboxylic acids is 1. The zero-order valence-electron chi connectivity index (χ0n) is 14.6. The Balaban J connectivity index is 2.24. The highest BCUT2D eigenvalue weighted by molar-refractivity contribution is 6.30. The molecule has 1 aromatic rings. The lowest BCUT2D eigenvalue weighted by Gasteiger charge is -2.11. The molecule has 0 aromatic heterocycles. The van der Waals surface area contributed by atoms with Gasteiger partial charge >= 0.3 is 5.97 Å². The summed E-state index contributed by atoms with van der Waals surface area (Å²) >= 11 is 5.88. The van der Waals surface area contributed by atoms with Crippen LogP contribution in [0, 0.1) is 0 Å². The van der Waals surface area contributed by atoms with Crippen molar-refractivity contribution in [2.24, 2.45) is 4.99 Å². The molecule has 0 radical (unpaired) electrons. The Bertz CT molecular complexity index is 503. The first-order chi connectivity index (χ1) is 11.7. The number of hydrogen-bond donors (Lipinski definition) is 2. The van der Waals surface area contributed by atoms with Crippen molar-refractivity contribution >= 4 is 23.5 Å². The molecule has 0 aliphatic rings. The van der Waals surface area contributed by atoms with Gasteiger partial charge in [-0.15, -0.1) is 0 Å². The molecule has 24 heavy (non-hydrogen) atoms. The van der Waals surface area contributed by atoms with Crippen LogP contribution in [0.15, 0.2) is 29.3 Å². The number of benzene rings is 1. The van der Waals surface area contributed by atoms with Gasteiger partial charge in [-0.3, -0.25) is 4.79 Å². The molecule has 0 atom stereocenters. The quantitative estimate of drug-likeness (QED) is 0.292. The van der Waals surface area contributed by atoms with Crippen molar-refractivity contribution < 1.29 is 9.53 Å². The van der Waals surface area contributed by atoms with E-state index >= 15 is 0 Å². The van der Waals surface area contributed by atoms with E-state index in [4.69, 9.17) is 11.6 Å². The second-order valence-electron chi connectivity index (χ2n) is 5.49. The second-order valence-corrected chi connectivity index (χ2v) is 5.93. The Labute approximate surface area is 149 Å². The predicted octanol–water partition coefficient (Wildman–Crippen LogP) is 3.52. The van der Waals surface area contributed by atoms with Crippen LogP contribution in [0.2, 0.25) is 5.02 Å². The smallest absolute Gasteiger partial charge is 0.305 e. The summed E-state index contributed by atoms with van der Waals surface area (Å²) < 4.78 is 4.62. The summed E-state index contributed by atoms with van der Waals surface area (Å²) in [7, 11) is 1.43. The van der Waals surface area contributed by atoms with E-state index < -0.39 is 0 Å². The van der Waals surface area contributed by atoms with Crippen molar-refractivity contribution in [2.45, 2.75) is 45.6 Å². The van der Waals surface area contributed by atoms with Gasteiger partial charge in [0, 0.05) is 24.5 Å². The van der Waals surface area contributed by atoms with E-state index in [-0.39, 0.29) is 5.97 Å². The largest absolute Gasteiger partial charge is 0.469 e. The molecule has 1 rings (SSSR count). The third-order valence-corrected chi connectivity index (χ3v) is 3.76. The monoisotopic (exact) mass is 353 g/mol. The first kappa shape index (κ1) is 20.3. The number of nitrogens with zero attached hydrogens (tertiary/aromatic N) is 1. The van der Waals surface area contributed by atoms with Crippen LogP contribution in [0.3, 0.4) is 0 Å². The standard InChI is InChI=1S/C18H28ClN3O2/c1-3-20-18(22-14-15-9-11-16(19)12-10-15)21-13-7-5-4-6-8-17(23)24-2/h9-12H,3-8,13-14H2,1-2H3,(H2,20,21,22). The Morgan fingerprint density at radius 1 is 1.12 bits per heavy atom. The molecule has 1 aromatic carbocycles. The molecule has 0 fully saturated rings. The summed E-state index contributed by atoms with van der Waals surface area (Å²) in [5.41, 5.74) is 1.12. The number of nitrogens with one attached hydrogen (secondary N) is 2. The van der Waals surface area contributed by atoms with Crippen LogP contribution >= 0.6 is 11.6 Å². The van der Waals surface area contributed by atoms with Crippen molar-refractivity contribution in [3.8, 4) is 0 Å². The Kier molecular flexibility index (Phi) is 10.7. The minimum atomic E-state index is -0.128. The second kappa shape index (κ2) is 12.6. The lowest BCUT2D eigenvalue weighted by Crippen LogP contribution is -2.37. The van der Waals surface area contributed by atoms with Crippen LogP contribution in [-0.4, -0.2) is 32.1 Å². The molecule has 0 saturated heterocycles. The highest BCUT2D eigenvalue weighted by atomic mass is 35.5. The lowest BCUT2D eigenvalue weighted by molar-refractivity contribution is -0.140. The molecule has 0 spiro atoms. The summed E-state index contributed by atoms with van der Waals surface area (Å²) in [5, 5.41) is 7.31. The van der Waals surface area contributed by atoms with E-state index in [1.54, 1.807) is 0 Å². The van der Waals surface area contributed by atoms with E-state index in [1.807, 2.05) is 31.2 Å². The molecule has 0 heterocycles. The molecule has 5 nitrogen and oxygen atoms in total. The molecular weight excluding hydrogens is 326 g/mol. The molecule has 0 aliphatic carbocycles. The van der Waals surface area contributed by atoms with Crippen LogP contribution in [0.4, 0.5) is 0 Å². The number of guanidine groups is 1. The maximum absolute atomic E-state index is 11.0. The maximum Gasteiger partial charge on any atom is 0.305 e. The summed E-state index contributed by atoms with van der Waals surface area (Å²) in [6, 6.07) is 7.72. The van der Waals surface area contributed by atoms with Gasteiger partial charge in [0.05, 0.1) is 13.7 Å². The first-order valence-corrected chi connectivity index (χ1v) is 8.87. The van der Waals surface area contributed by atoms with Crippen molar-refractivity contribution in [1.82, 2.24) is 10.6 Å². The fourth-order valence-electron chi connectivity index (χ4n) is 2.16. The Hall–Kier alpha value is -1.75. The van der Waals surface area contributed by atoms with Gasteiger partial charge in [-0.1, -0.05) is 36.6 Å². The van der Waals surface area contributed by atoms with Gasteiger partial charge in [-0.05, 0) is 37.5 Å². The number of esters is 1. The zero-order valence-corrected chi connectivity index (χ0v) is 15.4. The zero-order chi connectivity index (χ0) is 17.6. The van der Waals surface area contributed by atoms with Crippen LogP contribution in [0.1, 0.15) is 44.6 Å². The van der Waals surface area contributed by atoms with Gasteiger partial charge in [-0.2, -0.15) is 0 Å². The summed E-state index contributed by atoms with van der Waals surface area (Å²) in [6.07, 6.45) is 4.56. The Morgan fingerprint density at radius 3 is 2.50 bits per heavy atom. The minimum Gasteiger partial charge on any atom is -0.469 e. The van der Waals surface area contributed by atoms with E-state index in [0.29, 0.717) is 13.0 Å². The number of hydrogen-bond acceptors (Lipinski definition) is 3. The number of methoxy groups -OCH3 is 1. The first-order valence-electron chi connectivity index (χ1n) is 8.49. The third-order valence-electron chi connectivity index (χ3n) is 3.51. The summed E-state index contributed by atoms with van der Waals surface area (Å²) in [5.74, 6) is 0.693. The number of halogens is 1. The Morgan fingerprint density at radius 2 is 1.83 bits per heavy atom. The third kappa shape index (κ3) is 9.40. The molecule has 0 aliphatic heterocycles. The lowest BCUT2D eigenvalue weighted by atomic mass is 10.1. The van der Waals surface area contributed by atoms with Gasteiger partial charge in [-0.25, -0.2) is 4.99 Å². The SMILES string of the molecule is CCNC(=NCc1ccc(Cl)cc1)NCCCCCCC(=O)OC. The maximum atomic E-state index is 11.0. The van der Waals surface area contributed by atoms with Crippen LogP contribution in [-0.2, 0) is 16.1 Å². The highest BCUT2D eigenvalue weighted by Gasteiger charge is 2.00. The molecule has 2 N–H and O–H groups in total. The number of rotatable bonds is 10. The molecule has 0 unspecified atom stereocenters. The van der Waals surface area contributed by atoms with Crippen LogP contribution in [0.5, 0.6) is 0 Å². The van der Waals surface area contributed by atoms with E-state index in [0.717, 1.165) is 55.3 Å². The minimum absolute atomic E-state index is 0.128. The molecule has 6 heteroatoms. The number of aliphatic imine (C=N–C) groups is 1. The van der Waals surface area contributed by atoms with E-state index in [1.165, 1.54) is 7.11 Å². The molecule has 0 amide bonds. The summed E-state index contributed by atoms with van der Waals surface area (Å²) in [4.78, 5) is 15.6. The van der Waals surface area contributed by atoms with Crippen LogP contribution in [0.25, 0.3) is 0 Å². The van der Waals surface area contributed by atoms with Gasteiger partial charge in [0.25, 0.3) is 0 Å². The van der Waals surface area contributed by atoms with Crippen molar-refractivity contribution in [3.63, 3.8) is 0 Å². The number of carbonyl (C=O) groups is 1. The van der Waals surface area contributed by atoms with Gasteiger partial charge in [0.2, 0.25) is 0 Å². The van der Waals surface area contributed by atoms with E-state index in [9.17, 15) is 4.79 Å². The average molecular weight is 354 g/mol. The van der Waals surface area contributed by atoms with Crippen molar-refractivity contribution in [2.75, 3.05) is 20.2 Å². The molecule has 0 saturated carbocycles. The van der Waals surface area contributed by atoms with Crippen molar-refractivity contribution in [3.05, 3.63) is 34.9 Å². The van der Waals surface area contributed by atoms with Crippen molar-refractivity contribution in [1.29, 1.82) is 0 Å².